The molecule has 0 aliphatic carbocycles. The highest BCUT2D eigenvalue weighted by molar-refractivity contribution is 5.73. The van der Waals surface area contributed by atoms with E-state index in [1.165, 1.54) is 12.1 Å². The molecule has 1 aromatic rings. The minimum atomic E-state index is -0.163. The molecule has 1 aromatic carbocycles. The molecule has 0 spiro atoms. The number of rotatable bonds is 3. The topological polar surface area (TPSA) is 106 Å². The Morgan fingerprint density at radius 1 is 1.47 bits per heavy atom. The van der Waals surface area contributed by atoms with Gasteiger partial charge in [-0.05, 0) is 17.7 Å². The van der Waals surface area contributed by atoms with E-state index < -0.39 is 0 Å². The quantitative estimate of drug-likeness (QED) is 0.208. The van der Waals surface area contributed by atoms with Crippen molar-refractivity contribution in [2.24, 2.45) is 5.73 Å². The van der Waals surface area contributed by atoms with Crippen molar-refractivity contribution in [2.75, 3.05) is 7.05 Å². The van der Waals surface area contributed by atoms with E-state index in [1.807, 2.05) is 0 Å². The van der Waals surface area contributed by atoms with Crippen LogP contribution in [0.3, 0.4) is 0 Å². The van der Waals surface area contributed by atoms with Crippen molar-refractivity contribution in [3.05, 3.63) is 23.8 Å². The fourth-order valence-electron chi connectivity index (χ4n) is 1.19. The van der Waals surface area contributed by atoms with E-state index in [9.17, 15) is 5.11 Å². The van der Waals surface area contributed by atoms with Crippen LogP contribution in [-0.4, -0.2) is 28.2 Å². The molecule has 0 radical (unpaired) electrons. The molecule has 0 aliphatic heterocycles. The van der Waals surface area contributed by atoms with Gasteiger partial charge in [0.2, 0.25) is 5.96 Å². The van der Waals surface area contributed by atoms with Crippen LogP contribution in [-0.2, 0) is 6.54 Å². The lowest BCUT2D eigenvalue weighted by molar-refractivity contribution is 0.281. The van der Waals surface area contributed by atoms with Crippen molar-refractivity contribution in [1.82, 2.24) is 10.4 Å². The van der Waals surface area contributed by atoms with Crippen molar-refractivity contribution in [2.45, 2.75) is 6.54 Å². The van der Waals surface area contributed by atoms with Crippen molar-refractivity contribution >= 4 is 5.96 Å². The van der Waals surface area contributed by atoms with E-state index in [0.29, 0.717) is 6.54 Å². The van der Waals surface area contributed by atoms with Crippen LogP contribution in [0, 0.1) is 5.41 Å². The van der Waals surface area contributed by atoms with Gasteiger partial charge in [-0.1, -0.05) is 6.07 Å². The highest BCUT2D eigenvalue weighted by Crippen LogP contribution is 2.24. The van der Waals surface area contributed by atoms with Crippen LogP contribution in [0.4, 0.5) is 0 Å². The average Bonchev–Trinajstić information content (AvgIpc) is 2.10. The zero-order valence-corrected chi connectivity index (χ0v) is 8.36. The predicted octanol–water partition coefficient (Wildman–Crippen LogP) is -0.0723. The smallest absolute Gasteiger partial charge is 0.200 e. The number of hydrogen-bond donors (Lipinski definition) is 5. The molecule has 6 N–H and O–H groups in total. The van der Waals surface area contributed by atoms with Gasteiger partial charge in [-0.25, -0.2) is 5.01 Å². The Morgan fingerprint density at radius 2 is 2.13 bits per heavy atom. The van der Waals surface area contributed by atoms with Gasteiger partial charge < -0.3 is 15.9 Å². The Hall–Kier alpha value is -1.95. The molecular formula is C9H14N4O2. The molecule has 6 nitrogen and oxygen atoms in total. The van der Waals surface area contributed by atoms with Crippen LogP contribution in [0.1, 0.15) is 5.56 Å². The molecule has 0 unspecified atom stereocenters. The van der Waals surface area contributed by atoms with Crippen LogP contribution in [0.5, 0.6) is 11.5 Å². The van der Waals surface area contributed by atoms with Crippen molar-refractivity contribution < 1.29 is 10.2 Å². The third-order valence-corrected chi connectivity index (χ3v) is 1.77. The number of hydrogen-bond acceptors (Lipinski definition) is 4. The van der Waals surface area contributed by atoms with Gasteiger partial charge in [0.25, 0.3) is 0 Å². The number of hydrazine groups is 1. The summed E-state index contributed by atoms with van der Waals surface area (Å²) in [6, 6.07) is 4.54. The Kier molecular flexibility index (Phi) is 3.35. The van der Waals surface area contributed by atoms with Gasteiger partial charge >= 0.3 is 0 Å². The first-order valence-corrected chi connectivity index (χ1v) is 4.31. The highest BCUT2D eigenvalue weighted by atomic mass is 16.3. The Labute approximate surface area is 87.4 Å². The van der Waals surface area contributed by atoms with Crippen LogP contribution >= 0.6 is 0 Å². The maximum atomic E-state index is 9.24. The lowest BCUT2D eigenvalue weighted by Crippen LogP contribution is -2.42. The molecule has 0 bridgehead atoms. The maximum absolute atomic E-state index is 9.24. The van der Waals surface area contributed by atoms with Gasteiger partial charge in [0.1, 0.15) is 0 Å². The zero-order chi connectivity index (χ0) is 11.4. The summed E-state index contributed by atoms with van der Waals surface area (Å²) in [4.78, 5) is 0. The molecule has 0 aliphatic rings. The summed E-state index contributed by atoms with van der Waals surface area (Å²) in [6.07, 6.45) is 0. The summed E-state index contributed by atoms with van der Waals surface area (Å²) >= 11 is 0. The van der Waals surface area contributed by atoms with Crippen molar-refractivity contribution in [3.8, 4) is 11.5 Å². The normalized spacial score (nSPS) is 10.3. The third-order valence-electron chi connectivity index (χ3n) is 1.77. The van der Waals surface area contributed by atoms with E-state index >= 15 is 0 Å². The maximum Gasteiger partial charge on any atom is 0.200 e. The number of benzene rings is 1. The summed E-state index contributed by atoms with van der Waals surface area (Å²) in [5.41, 5.74) is 8.51. The molecule has 6 heteroatoms. The average molecular weight is 210 g/mol. The molecule has 1 rings (SSSR count). The molecule has 15 heavy (non-hydrogen) atoms. The lowest BCUT2D eigenvalue weighted by atomic mass is 10.2. The van der Waals surface area contributed by atoms with Gasteiger partial charge in [-0.15, -0.1) is 0 Å². The van der Waals surface area contributed by atoms with E-state index in [1.54, 1.807) is 18.1 Å². The Balaban J connectivity index is 2.64. The van der Waals surface area contributed by atoms with Gasteiger partial charge in [0, 0.05) is 13.6 Å². The molecule has 0 amide bonds. The minimum Gasteiger partial charge on any atom is -0.504 e. The molecule has 0 saturated carbocycles. The standard InChI is InChI=1S/C9H14N4O2/c1-13(12-9(10)11)5-6-2-3-7(14)8(15)4-6/h2-4,14-15H,5H2,1H3,(H4,10,11,12). The van der Waals surface area contributed by atoms with Crippen LogP contribution < -0.4 is 11.2 Å². The fourth-order valence-corrected chi connectivity index (χ4v) is 1.19. The van der Waals surface area contributed by atoms with E-state index in [0.717, 1.165) is 5.56 Å². The van der Waals surface area contributed by atoms with Gasteiger partial charge in [0.15, 0.2) is 11.5 Å². The fraction of sp³-hybridized carbons (Fsp3) is 0.222. The van der Waals surface area contributed by atoms with E-state index in [-0.39, 0.29) is 17.5 Å². The second-order valence-electron chi connectivity index (χ2n) is 3.20. The first kappa shape index (κ1) is 11.1. The highest BCUT2D eigenvalue weighted by Gasteiger charge is 2.03. The molecule has 0 heterocycles. The SMILES string of the molecule is CN(Cc1ccc(O)c(O)c1)NC(=N)N. The molecule has 82 valence electrons. The number of phenols is 2. The Bertz CT molecular complexity index is 367. The number of nitrogens with one attached hydrogen (secondary N) is 2. The number of phenolic OH excluding ortho intramolecular Hbond substituents is 2. The van der Waals surface area contributed by atoms with E-state index in [4.69, 9.17) is 16.2 Å². The molecule has 0 fully saturated rings. The third kappa shape index (κ3) is 3.35. The van der Waals surface area contributed by atoms with Crippen LogP contribution in [0.25, 0.3) is 0 Å². The molecule has 0 saturated heterocycles. The first-order chi connectivity index (χ1) is 6.99. The Morgan fingerprint density at radius 3 is 2.67 bits per heavy atom. The number of nitrogens with zero attached hydrogens (tertiary/aromatic N) is 1. The molecule has 0 atom stereocenters. The summed E-state index contributed by atoms with van der Waals surface area (Å²) in [7, 11) is 1.71. The predicted molar refractivity (Wildman–Crippen MR) is 56.3 cm³/mol. The monoisotopic (exact) mass is 210 g/mol. The van der Waals surface area contributed by atoms with Crippen molar-refractivity contribution in [3.63, 3.8) is 0 Å². The zero-order valence-electron chi connectivity index (χ0n) is 8.36. The lowest BCUT2D eigenvalue weighted by Gasteiger charge is -2.17. The summed E-state index contributed by atoms with van der Waals surface area (Å²) in [5.74, 6) is -0.467. The van der Waals surface area contributed by atoms with Crippen LogP contribution in [0.15, 0.2) is 18.2 Å². The van der Waals surface area contributed by atoms with Gasteiger partial charge in [-0.3, -0.25) is 10.8 Å². The number of aromatic hydroxyl groups is 2. The number of guanidine groups is 1. The first-order valence-electron chi connectivity index (χ1n) is 4.31. The van der Waals surface area contributed by atoms with Gasteiger partial charge in [0.05, 0.1) is 0 Å². The summed E-state index contributed by atoms with van der Waals surface area (Å²) in [6.45, 7) is 0.452. The van der Waals surface area contributed by atoms with Gasteiger partial charge in [-0.2, -0.15) is 0 Å². The van der Waals surface area contributed by atoms with E-state index in [2.05, 4.69) is 5.43 Å². The molecular weight excluding hydrogens is 196 g/mol. The van der Waals surface area contributed by atoms with Crippen molar-refractivity contribution in [1.29, 1.82) is 5.41 Å². The molecule has 0 aromatic heterocycles. The van der Waals surface area contributed by atoms with Crippen LogP contribution in [0.2, 0.25) is 0 Å². The summed E-state index contributed by atoms with van der Waals surface area (Å²) < 4.78 is 0. The summed E-state index contributed by atoms with van der Waals surface area (Å²) in [5, 5.41) is 26.9. The second kappa shape index (κ2) is 4.52. The number of nitrogens with two attached hydrogens (primary N) is 1. The second-order valence-corrected chi connectivity index (χ2v) is 3.20. The minimum absolute atomic E-state index is 0.152. The largest absolute Gasteiger partial charge is 0.504 e.